The van der Waals surface area contributed by atoms with Crippen LogP contribution in [0.4, 0.5) is 0 Å². The summed E-state index contributed by atoms with van der Waals surface area (Å²) >= 11 is 0. The van der Waals surface area contributed by atoms with Gasteiger partial charge in [-0.3, -0.25) is 9.88 Å². The highest BCUT2D eigenvalue weighted by atomic mass is 16.5. The number of benzene rings is 1. The van der Waals surface area contributed by atoms with Gasteiger partial charge in [0.05, 0.1) is 6.10 Å². The van der Waals surface area contributed by atoms with E-state index < -0.39 is 12.2 Å². The molecule has 2 atom stereocenters. The number of para-hydroxylation sites is 1. The maximum atomic E-state index is 10.4. The van der Waals surface area contributed by atoms with Crippen molar-refractivity contribution in [3.63, 3.8) is 0 Å². The van der Waals surface area contributed by atoms with Crippen molar-refractivity contribution >= 4 is 0 Å². The van der Waals surface area contributed by atoms with Gasteiger partial charge in [0, 0.05) is 25.0 Å². The zero-order valence-corrected chi connectivity index (χ0v) is 16.8. The molecule has 2 aromatic rings. The highest BCUT2D eigenvalue weighted by molar-refractivity contribution is 5.33. The van der Waals surface area contributed by atoms with Crippen LogP contribution in [0.3, 0.4) is 0 Å². The van der Waals surface area contributed by atoms with E-state index in [0.29, 0.717) is 6.42 Å². The summed E-state index contributed by atoms with van der Waals surface area (Å²) in [5.41, 5.74) is 3.37. The molecule has 1 aliphatic rings. The van der Waals surface area contributed by atoms with Gasteiger partial charge in [0.15, 0.2) is 0 Å². The molecule has 2 heterocycles. The Morgan fingerprint density at radius 2 is 1.89 bits per heavy atom. The summed E-state index contributed by atoms with van der Waals surface area (Å²) in [5, 5.41) is 20.7. The van der Waals surface area contributed by atoms with Gasteiger partial charge >= 0.3 is 0 Å². The van der Waals surface area contributed by atoms with Crippen LogP contribution in [-0.4, -0.2) is 52.0 Å². The van der Waals surface area contributed by atoms with Gasteiger partial charge in [-0.25, -0.2) is 0 Å². The van der Waals surface area contributed by atoms with E-state index in [1.165, 1.54) is 11.1 Å². The van der Waals surface area contributed by atoms with E-state index in [9.17, 15) is 10.2 Å². The predicted octanol–water partition coefficient (Wildman–Crippen LogP) is 3.11. The minimum absolute atomic E-state index is 0.111. The molecule has 5 heteroatoms. The molecule has 1 aromatic heterocycles. The van der Waals surface area contributed by atoms with Crippen molar-refractivity contribution < 1.29 is 14.9 Å². The Labute approximate surface area is 168 Å². The quantitative estimate of drug-likeness (QED) is 0.833. The highest BCUT2D eigenvalue weighted by Gasteiger charge is 2.19. The van der Waals surface area contributed by atoms with Gasteiger partial charge in [-0.2, -0.15) is 0 Å². The first-order chi connectivity index (χ1) is 13.6. The second-order valence-corrected chi connectivity index (χ2v) is 7.74. The normalized spacial score (nSPS) is 22.7. The molecule has 0 saturated heterocycles. The Morgan fingerprint density at radius 3 is 2.71 bits per heavy atom. The summed E-state index contributed by atoms with van der Waals surface area (Å²) < 4.78 is 5.82. The van der Waals surface area contributed by atoms with E-state index in [2.05, 4.69) is 22.0 Å². The molecule has 0 saturated carbocycles. The topological polar surface area (TPSA) is 65.8 Å². The Kier molecular flexibility index (Phi) is 7.83. The molecule has 0 unspecified atom stereocenters. The molecule has 0 fully saturated rings. The summed E-state index contributed by atoms with van der Waals surface area (Å²) in [6, 6.07) is 12.1. The number of rotatable bonds is 2. The van der Waals surface area contributed by atoms with Gasteiger partial charge in [0.25, 0.3) is 0 Å². The number of aryl methyl sites for hydroxylation is 2. The number of pyridine rings is 1. The summed E-state index contributed by atoms with van der Waals surface area (Å²) in [5.74, 6) is 0.819. The monoisotopic (exact) mass is 384 g/mol. The molecule has 5 nitrogen and oxygen atoms in total. The smallest absolute Gasteiger partial charge is 0.122 e. The molecule has 0 amide bonds. The molecular formula is C23H32N2O3. The van der Waals surface area contributed by atoms with E-state index in [0.717, 1.165) is 56.8 Å². The number of aromatic nitrogens is 1. The molecule has 1 aromatic carbocycles. The van der Waals surface area contributed by atoms with Crippen LogP contribution < -0.4 is 4.74 Å². The van der Waals surface area contributed by atoms with E-state index in [1.807, 2.05) is 37.4 Å². The molecule has 28 heavy (non-hydrogen) atoms. The molecule has 0 aliphatic carbocycles. The number of hydrogen-bond donors (Lipinski definition) is 2. The average molecular weight is 385 g/mol. The van der Waals surface area contributed by atoms with Gasteiger partial charge in [-0.05, 0) is 62.4 Å². The second kappa shape index (κ2) is 10.6. The number of aliphatic hydroxyl groups excluding tert-OH is 2. The lowest BCUT2D eigenvalue weighted by Crippen LogP contribution is -2.36. The SMILES string of the molecule is Cc1ccc(CN2CCCCCc3ccccc3OC[C@@H](O)[C@@H](O)CC2)cn1. The van der Waals surface area contributed by atoms with Gasteiger partial charge in [-0.1, -0.05) is 30.7 Å². The van der Waals surface area contributed by atoms with Gasteiger partial charge in [0.1, 0.15) is 18.5 Å². The summed E-state index contributed by atoms with van der Waals surface area (Å²) in [4.78, 5) is 6.74. The molecule has 1 aliphatic heterocycles. The third-order valence-electron chi connectivity index (χ3n) is 5.37. The lowest BCUT2D eigenvalue weighted by molar-refractivity contribution is -0.0163. The van der Waals surface area contributed by atoms with Crippen molar-refractivity contribution in [1.29, 1.82) is 0 Å². The van der Waals surface area contributed by atoms with Crippen LogP contribution in [-0.2, 0) is 13.0 Å². The molecular weight excluding hydrogens is 352 g/mol. The van der Waals surface area contributed by atoms with Crippen LogP contribution in [0.5, 0.6) is 5.75 Å². The van der Waals surface area contributed by atoms with Crippen LogP contribution in [0.2, 0.25) is 0 Å². The molecule has 3 rings (SSSR count). The zero-order valence-electron chi connectivity index (χ0n) is 16.8. The van der Waals surface area contributed by atoms with Crippen LogP contribution in [0.25, 0.3) is 0 Å². The van der Waals surface area contributed by atoms with Crippen molar-refractivity contribution in [1.82, 2.24) is 9.88 Å². The van der Waals surface area contributed by atoms with E-state index in [4.69, 9.17) is 4.74 Å². The Morgan fingerprint density at radius 1 is 1.04 bits per heavy atom. The number of fused-ring (bicyclic) bond motifs is 1. The molecule has 0 bridgehead atoms. The summed E-state index contributed by atoms with van der Waals surface area (Å²) in [7, 11) is 0. The van der Waals surface area contributed by atoms with Gasteiger partial charge in [-0.15, -0.1) is 0 Å². The maximum Gasteiger partial charge on any atom is 0.122 e. The van der Waals surface area contributed by atoms with Gasteiger partial charge < -0.3 is 14.9 Å². The lowest BCUT2D eigenvalue weighted by atomic mass is 10.0. The van der Waals surface area contributed by atoms with E-state index >= 15 is 0 Å². The zero-order chi connectivity index (χ0) is 19.8. The lowest BCUT2D eigenvalue weighted by Gasteiger charge is -2.26. The fraction of sp³-hybridized carbons (Fsp3) is 0.522. The van der Waals surface area contributed by atoms with Crippen LogP contribution in [0, 0.1) is 6.92 Å². The van der Waals surface area contributed by atoms with E-state index in [1.54, 1.807) is 0 Å². The standard InChI is InChI=1S/C23H32N2O3/c1-18-10-11-19(15-24-18)16-25-13-6-2-3-7-20-8-4-5-9-23(20)28-17-22(27)21(26)12-14-25/h4-5,8-11,15,21-22,26-27H,2-3,6-7,12-14,16-17H2,1H3/t21-,22+/m0/s1. The van der Waals surface area contributed by atoms with Crippen molar-refractivity contribution in [3.05, 3.63) is 59.4 Å². The van der Waals surface area contributed by atoms with Crippen LogP contribution >= 0.6 is 0 Å². The average Bonchev–Trinajstić information content (AvgIpc) is 2.71. The molecule has 0 radical (unpaired) electrons. The Bertz CT molecular complexity index is 720. The summed E-state index contributed by atoms with van der Waals surface area (Å²) in [6.07, 6.45) is 5.11. The minimum Gasteiger partial charge on any atom is -0.491 e. The fourth-order valence-electron chi connectivity index (χ4n) is 3.59. The molecule has 2 N–H and O–H groups in total. The third-order valence-corrected chi connectivity index (χ3v) is 5.37. The predicted molar refractivity (Wildman–Crippen MR) is 110 cm³/mol. The van der Waals surface area contributed by atoms with Gasteiger partial charge in [0.2, 0.25) is 0 Å². The maximum absolute atomic E-state index is 10.4. The molecule has 0 spiro atoms. The third kappa shape index (κ3) is 6.30. The Hall–Kier alpha value is -1.95. The highest BCUT2D eigenvalue weighted by Crippen LogP contribution is 2.21. The molecule has 152 valence electrons. The number of hydrogen-bond acceptors (Lipinski definition) is 5. The first kappa shape index (κ1) is 20.8. The fourth-order valence-corrected chi connectivity index (χ4v) is 3.59. The van der Waals surface area contributed by atoms with Crippen molar-refractivity contribution in [2.45, 2.75) is 57.8 Å². The minimum atomic E-state index is -0.890. The van der Waals surface area contributed by atoms with E-state index in [-0.39, 0.29) is 6.61 Å². The largest absolute Gasteiger partial charge is 0.491 e. The summed E-state index contributed by atoms with van der Waals surface area (Å²) in [6.45, 7) is 4.64. The number of aliphatic hydroxyl groups is 2. The second-order valence-electron chi connectivity index (χ2n) is 7.74. The van der Waals surface area contributed by atoms with Crippen LogP contribution in [0.1, 0.15) is 42.5 Å². The van der Waals surface area contributed by atoms with Crippen molar-refractivity contribution in [3.8, 4) is 5.75 Å². The number of nitrogens with zero attached hydrogens (tertiary/aromatic N) is 2. The first-order valence-electron chi connectivity index (χ1n) is 10.3. The number of ether oxygens (including phenoxy) is 1. The first-order valence-corrected chi connectivity index (χ1v) is 10.3. The Balaban J connectivity index is 1.65. The van der Waals surface area contributed by atoms with Crippen molar-refractivity contribution in [2.75, 3.05) is 19.7 Å². The van der Waals surface area contributed by atoms with Crippen molar-refractivity contribution in [2.24, 2.45) is 0 Å². The van der Waals surface area contributed by atoms with Crippen LogP contribution in [0.15, 0.2) is 42.6 Å².